The van der Waals surface area contributed by atoms with Crippen molar-refractivity contribution in [1.82, 2.24) is 0 Å². The van der Waals surface area contributed by atoms with Crippen LogP contribution < -0.4 is 5.73 Å². The van der Waals surface area contributed by atoms with Crippen LogP contribution in [-0.2, 0) is 0 Å². The number of anilines is 1. The molecule has 0 aliphatic rings. The second-order valence-corrected chi connectivity index (χ2v) is 4.62. The molecule has 72 valence electrons. The molecule has 0 aliphatic carbocycles. The van der Waals surface area contributed by atoms with E-state index >= 15 is 0 Å². The fourth-order valence-electron chi connectivity index (χ4n) is 1.38. The number of benzene rings is 2. The normalized spacial score (nSPS) is 10.8. The number of nitrogens with two attached hydrogens (primary N) is 1. The zero-order valence-electron chi connectivity index (χ0n) is 7.02. The van der Waals surface area contributed by atoms with E-state index in [4.69, 9.17) is 5.73 Å². The molecule has 1 nitrogen and oxygen atoms in total. The van der Waals surface area contributed by atoms with Gasteiger partial charge in [-0.1, -0.05) is 28.1 Å². The van der Waals surface area contributed by atoms with Crippen molar-refractivity contribution in [3.05, 3.63) is 39.0 Å². The molecule has 0 spiro atoms. The molecular weight excluding hydrogens is 313 g/mol. The average molecular weight is 319 g/mol. The van der Waals surface area contributed by atoms with Crippen LogP contribution in [0.2, 0.25) is 0 Å². The molecule has 4 heteroatoms. The summed E-state index contributed by atoms with van der Waals surface area (Å²) in [6.07, 6.45) is 0. The van der Waals surface area contributed by atoms with Gasteiger partial charge in [-0.2, -0.15) is 0 Å². The largest absolute Gasteiger partial charge is 0.397 e. The highest BCUT2D eigenvalue weighted by molar-refractivity contribution is 9.11. The lowest BCUT2D eigenvalue weighted by atomic mass is 10.1. The highest BCUT2D eigenvalue weighted by Crippen LogP contribution is 2.35. The highest BCUT2D eigenvalue weighted by Gasteiger charge is 2.10. The smallest absolute Gasteiger partial charge is 0.133 e. The third-order valence-electron chi connectivity index (χ3n) is 2.05. The van der Waals surface area contributed by atoms with E-state index in [1.807, 2.05) is 12.1 Å². The summed E-state index contributed by atoms with van der Waals surface area (Å²) >= 11 is 6.64. The third-order valence-corrected chi connectivity index (χ3v) is 3.36. The highest BCUT2D eigenvalue weighted by atomic mass is 79.9. The van der Waals surface area contributed by atoms with E-state index in [0.29, 0.717) is 15.5 Å². The van der Waals surface area contributed by atoms with Crippen LogP contribution in [0.25, 0.3) is 10.8 Å². The van der Waals surface area contributed by atoms with Crippen molar-refractivity contribution in [2.45, 2.75) is 0 Å². The third kappa shape index (κ3) is 1.42. The molecule has 0 bridgehead atoms. The Morgan fingerprint density at radius 2 is 1.86 bits per heavy atom. The van der Waals surface area contributed by atoms with Gasteiger partial charge in [0.05, 0.1) is 5.69 Å². The molecular formula is C10H6Br2FN. The van der Waals surface area contributed by atoms with Crippen molar-refractivity contribution in [3.63, 3.8) is 0 Å². The Morgan fingerprint density at radius 3 is 2.57 bits per heavy atom. The Kier molecular flexibility index (Phi) is 2.49. The average Bonchev–Trinajstić information content (AvgIpc) is 2.14. The van der Waals surface area contributed by atoms with Crippen molar-refractivity contribution >= 4 is 48.3 Å². The molecule has 0 heterocycles. The molecule has 0 saturated heterocycles. The molecule has 2 aromatic rings. The van der Waals surface area contributed by atoms with Gasteiger partial charge in [-0.15, -0.1) is 0 Å². The molecule has 0 atom stereocenters. The molecule has 2 N–H and O–H groups in total. The maximum atomic E-state index is 13.5. The van der Waals surface area contributed by atoms with Crippen LogP contribution in [0, 0.1) is 5.82 Å². The first-order valence-electron chi connectivity index (χ1n) is 3.93. The number of hydrogen-bond acceptors (Lipinski definition) is 1. The lowest BCUT2D eigenvalue weighted by molar-refractivity contribution is 0.640. The fourth-order valence-corrected chi connectivity index (χ4v) is 2.68. The summed E-state index contributed by atoms with van der Waals surface area (Å²) in [6.45, 7) is 0. The van der Waals surface area contributed by atoms with Crippen molar-refractivity contribution in [1.29, 1.82) is 0 Å². The zero-order valence-corrected chi connectivity index (χ0v) is 10.2. The van der Waals surface area contributed by atoms with Crippen LogP contribution >= 0.6 is 31.9 Å². The fraction of sp³-hybridized carbons (Fsp3) is 0. The molecule has 14 heavy (non-hydrogen) atoms. The van der Waals surface area contributed by atoms with Gasteiger partial charge in [0.25, 0.3) is 0 Å². The Balaban J connectivity index is 3.03. The Labute approximate surface area is 97.4 Å². The minimum absolute atomic E-state index is 0.304. The van der Waals surface area contributed by atoms with E-state index in [0.717, 1.165) is 9.86 Å². The maximum Gasteiger partial charge on any atom is 0.133 e. The predicted molar refractivity (Wildman–Crippen MR) is 63.7 cm³/mol. The molecule has 0 fully saturated rings. The Bertz CT molecular complexity index is 511. The summed E-state index contributed by atoms with van der Waals surface area (Å²) < 4.78 is 15.0. The van der Waals surface area contributed by atoms with Gasteiger partial charge >= 0.3 is 0 Å². The van der Waals surface area contributed by atoms with E-state index in [-0.39, 0.29) is 5.82 Å². The zero-order chi connectivity index (χ0) is 10.3. The van der Waals surface area contributed by atoms with E-state index in [9.17, 15) is 4.39 Å². The summed E-state index contributed by atoms with van der Waals surface area (Å²) in [6, 6.07) is 6.70. The maximum absolute atomic E-state index is 13.5. The molecule has 0 saturated carbocycles. The van der Waals surface area contributed by atoms with Gasteiger partial charge < -0.3 is 5.73 Å². The lowest BCUT2D eigenvalue weighted by Gasteiger charge is -2.07. The molecule has 0 unspecified atom stereocenters. The van der Waals surface area contributed by atoms with Crippen LogP contribution in [0.4, 0.5) is 10.1 Å². The van der Waals surface area contributed by atoms with Gasteiger partial charge in [0.1, 0.15) is 5.82 Å². The predicted octanol–water partition coefficient (Wildman–Crippen LogP) is 4.09. The standard InChI is InChI=1S/C10H6Br2FN/c11-6-4-7(12)10(14)9-5(6)2-1-3-8(9)13/h1-4H,14H2. The monoisotopic (exact) mass is 317 g/mol. The molecule has 0 aliphatic heterocycles. The molecule has 0 radical (unpaired) electrons. The van der Waals surface area contributed by atoms with E-state index in [2.05, 4.69) is 31.9 Å². The number of fused-ring (bicyclic) bond motifs is 1. The second kappa shape index (κ2) is 3.51. The van der Waals surface area contributed by atoms with Gasteiger partial charge in [0.2, 0.25) is 0 Å². The number of hydrogen-bond donors (Lipinski definition) is 1. The molecule has 0 aromatic heterocycles. The SMILES string of the molecule is Nc1c(Br)cc(Br)c2cccc(F)c12. The number of halogens is 3. The summed E-state index contributed by atoms with van der Waals surface area (Å²) in [4.78, 5) is 0. The second-order valence-electron chi connectivity index (χ2n) is 2.92. The molecule has 2 rings (SSSR count). The molecule has 0 amide bonds. The lowest BCUT2D eigenvalue weighted by Crippen LogP contribution is -1.92. The quantitative estimate of drug-likeness (QED) is 0.728. The summed E-state index contributed by atoms with van der Waals surface area (Å²) in [5.74, 6) is -0.304. The van der Waals surface area contributed by atoms with Crippen molar-refractivity contribution in [2.24, 2.45) is 0 Å². The van der Waals surface area contributed by atoms with Crippen molar-refractivity contribution < 1.29 is 4.39 Å². The van der Waals surface area contributed by atoms with E-state index in [1.165, 1.54) is 6.07 Å². The molecule has 2 aromatic carbocycles. The van der Waals surface area contributed by atoms with Crippen molar-refractivity contribution in [3.8, 4) is 0 Å². The Hall–Kier alpha value is -0.610. The van der Waals surface area contributed by atoms with Crippen LogP contribution in [0.3, 0.4) is 0 Å². The van der Waals surface area contributed by atoms with Gasteiger partial charge in [0, 0.05) is 19.7 Å². The number of nitrogen functional groups attached to an aromatic ring is 1. The van der Waals surface area contributed by atoms with E-state index < -0.39 is 0 Å². The topological polar surface area (TPSA) is 26.0 Å². The summed E-state index contributed by atoms with van der Waals surface area (Å²) in [5, 5.41) is 1.24. The van der Waals surface area contributed by atoms with Gasteiger partial charge in [-0.05, 0) is 28.1 Å². The number of rotatable bonds is 0. The van der Waals surface area contributed by atoms with E-state index in [1.54, 1.807) is 6.07 Å². The minimum Gasteiger partial charge on any atom is -0.397 e. The van der Waals surface area contributed by atoms with Crippen molar-refractivity contribution in [2.75, 3.05) is 5.73 Å². The first-order chi connectivity index (χ1) is 6.61. The van der Waals surface area contributed by atoms with Crippen LogP contribution in [0.15, 0.2) is 33.2 Å². The summed E-state index contributed by atoms with van der Waals surface area (Å²) in [7, 11) is 0. The summed E-state index contributed by atoms with van der Waals surface area (Å²) in [5.41, 5.74) is 6.21. The minimum atomic E-state index is -0.304. The van der Waals surface area contributed by atoms with Crippen LogP contribution in [-0.4, -0.2) is 0 Å². The van der Waals surface area contributed by atoms with Crippen LogP contribution in [0.1, 0.15) is 0 Å². The van der Waals surface area contributed by atoms with Gasteiger partial charge in [-0.25, -0.2) is 4.39 Å². The van der Waals surface area contributed by atoms with Crippen LogP contribution in [0.5, 0.6) is 0 Å². The Morgan fingerprint density at radius 1 is 1.14 bits per heavy atom. The van der Waals surface area contributed by atoms with Gasteiger partial charge in [0.15, 0.2) is 0 Å². The first kappa shape index (κ1) is 9.93. The first-order valence-corrected chi connectivity index (χ1v) is 5.51. The van der Waals surface area contributed by atoms with Gasteiger partial charge in [-0.3, -0.25) is 0 Å².